The van der Waals surface area contributed by atoms with Crippen LogP contribution in [0.4, 0.5) is 4.39 Å². The van der Waals surface area contributed by atoms with Gasteiger partial charge in [-0.1, -0.05) is 0 Å². The van der Waals surface area contributed by atoms with Crippen LogP contribution in [0.1, 0.15) is 0 Å². The number of hydrogen-bond acceptors (Lipinski definition) is 1. The molecular formula is CFLiS. The minimum absolute atomic E-state index is 0. The summed E-state index contributed by atoms with van der Waals surface area (Å²) in [6.07, 6.45) is 0. The quantitative estimate of drug-likeness (QED) is 0.135. The molecule has 18 valence electrons. The second-order valence-corrected chi connectivity index (χ2v) is 0.231. The molecule has 0 aromatic rings. The molecule has 0 unspecified atom stereocenters. The van der Waals surface area contributed by atoms with Gasteiger partial charge in [0.05, 0.1) is 0 Å². The number of thiocarbonyl (C=S) groups is 1. The fourth-order valence-electron chi connectivity index (χ4n) is 0. The molecular weight excluding hydrogens is 70.0 g/mol. The number of rotatable bonds is 0. The zero-order valence-electron chi connectivity index (χ0n) is 2.29. The van der Waals surface area contributed by atoms with Crippen molar-refractivity contribution < 1.29 is 23.3 Å². The summed E-state index contributed by atoms with van der Waals surface area (Å²) in [6, 6.07) is 0. The molecule has 0 saturated heterocycles. The van der Waals surface area contributed by atoms with Crippen LogP contribution < -0.4 is 18.9 Å². The van der Waals surface area contributed by atoms with Crippen LogP contribution in [0.5, 0.6) is 0 Å². The van der Waals surface area contributed by atoms with Gasteiger partial charge in [-0.3, -0.25) is 0 Å². The van der Waals surface area contributed by atoms with Gasteiger partial charge in [0.1, 0.15) is 0 Å². The molecule has 0 saturated carbocycles. The van der Waals surface area contributed by atoms with Gasteiger partial charge in [-0.2, -0.15) is 0 Å². The van der Waals surface area contributed by atoms with Crippen LogP contribution >= 0.6 is 12.2 Å². The van der Waals surface area contributed by atoms with E-state index >= 15 is 0 Å². The second kappa shape index (κ2) is 9.47. The van der Waals surface area contributed by atoms with E-state index in [1.165, 1.54) is 0 Å². The molecule has 0 rings (SSSR count). The van der Waals surface area contributed by atoms with E-state index in [0.717, 1.165) is 5.62 Å². The Kier molecular flexibility index (Phi) is 20.9. The summed E-state index contributed by atoms with van der Waals surface area (Å²) in [5.41, 5.74) is 0.833. The van der Waals surface area contributed by atoms with Gasteiger partial charge in [0.25, 0.3) is 0 Å². The first-order valence-corrected chi connectivity index (χ1v) is 0.801. The maximum Gasteiger partial charge on any atom is 1.00 e. The average Bonchev–Trinajstić information content (AvgIpc) is 0.918. The van der Waals surface area contributed by atoms with E-state index in [1.54, 1.807) is 0 Å². The smallest absolute Gasteiger partial charge is 0.446 e. The summed E-state index contributed by atoms with van der Waals surface area (Å²) >= 11 is 3.48. The molecule has 0 radical (unpaired) electrons. The van der Waals surface area contributed by atoms with Crippen molar-refractivity contribution in [3.63, 3.8) is 0 Å². The Morgan fingerprint density at radius 3 is 1.75 bits per heavy atom. The first-order chi connectivity index (χ1) is 1.41. The van der Waals surface area contributed by atoms with E-state index in [-0.39, 0.29) is 18.9 Å². The van der Waals surface area contributed by atoms with E-state index in [0.29, 0.717) is 0 Å². The molecule has 3 heteroatoms. The Labute approximate surface area is 41.6 Å². The van der Waals surface area contributed by atoms with Crippen LogP contribution in [0.3, 0.4) is 0 Å². The van der Waals surface area contributed by atoms with Gasteiger partial charge in [-0.05, 0) is 0 Å². The van der Waals surface area contributed by atoms with Crippen molar-refractivity contribution in [1.82, 2.24) is 0 Å². The Balaban J connectivity index is 0. The van der Waals surface area contributed by atoms with Crippen molar-refractivity contribution in [2.24, 2.45) is 0 Å². The predicted molar refractivity (Wildman–Crippen MR) is 13.7 cm³/mol. The van der Waals surface area contributed by atoms with E-state index in [1.807, 2.05) is 0 Å². The summed E-state index contributed by atoms with van der Waals surface area (Å²) in [5, 5.41) is 0. The summed E-state index contributed by atoms with van der Waals surface area (Å²) in [5.74, 6) is 0. The third-order valence-corrected chi connectivity index (χ3v) is 0. The molecule has 0 nitrogen and oxygen atoms in total. The third kappa shape index (κ3) is 18.0. The van der Waals surface area contributed by atoms with Crippen molar-refractivity contribution in [3.05, 3.63) is 0 Å². The van der Waals surface area contributed by atoms with Gasteiger partial charge < -0.3 is 16.6 Å². The molecule has 0 atom stereocenters. The van der Waals surface area contributed by atoms with Crippen molar-refractivity contribution in [2.45, 2.75) is 0 Å². The van der Waals surface area contributed by atoms with Gasteiger partial charge in [0, 0.05) is 0 Å². The Morgan fingerprint density at radius 1 is 1.75 bits per heavy atom. The van der Waals surface area contributed by atoms with Crippen molar-refractivity contribution >= 4 is 17.8 Å². The second-order valence-electron chi connectivity index (χ2n) is 0.0772. The fourth-order valence-corrected chi connectivity index (χ4v) is 0. The van der Waals surface area contributed by atoms with Gasteiger partial charge in [0.2, 0.25) is 0 Å². The molecule has 0 N–H and O–H groups in total. The molecule has 0 aliphatic heterocycles. The van der Waals surface area contributed by atoms with Crippen LogP contribution in [0.25, 0.3) is 0 Å². The fraction of sp³-hybridized carbons (Fsp3) is 0. The van der Waals surface area contributed by atoms with Gasteiger partial charge in [-0.25, -0.2) is 5.62 Å². The van der Waals surface area contributed by atoms with Crippen LogP contribution in [-0.2, 0) is 0 Å². The molecule has 0 aliphatic carbocycles. The average molecular weight is 70.0 g/mol. The first-order valence-electron chi connectivity index (χ1n) is 0.393. The predicted octanol–water partition coefficient (Wildman–Crippen LogP) is -2.21. The van der Waals surface area contributed by atoms with E-state index in [9.17, 15) is 4.39 Å². The summed E-state index contributed by atoms with van der Waals surface area (Å²) in [7, 11) is 0. The van der Waals surface area contributed by atoms with Crippen molar-refractivity contribution in [1.29, 1.82) is 0 Å². The molecule has 0 bridgehead atoms. The molecule has 0 aromatic heterocycles. The first kappa shape index (κ1) is 8.82. The van der Waals surface area contributed by atoms with E-state index in [2.05, 4.69) is 12.2 Å². The molecule has 0 spiro atoms. The molecule has 0 aromatic carbocycles. The number of hydrogen-bond donors (Lipinski definition) is 0. The number of halogens is 1. The standard InChI is InChI=1S/CFS.Li/c2-1-3;/q-1;+1. The molecule has 0 aliphatic rings. The summed E-state index contributed by atoms with van der Waals surface area (Å²) < 4.78 is 9.86. The van der Waals surface area contributed by atoms with Gasteiger partial charge in [-0.15, -0.1) is 0 Å². The zero-order valence-corrected chi connectivity index (χ0v) is 3.10. The minimum Gasteiger partial charge on any atom is -0.446 e. The molecule has 0 fully saturated rings. The van der Waals surface area contributed by atoms with Crippen molar-refractivity contribution in [3.8, 4) is 0 Å². The monoisotopic (exact) mass is 70.0 g/mol. The minimum atomic E-state index is 0. The normalized spacial score (nSPS) is 3.25. The van der Waals surface area contributed by atoms with Crippen LogP contribution in [0.2, 0.25) is 0 Å². The molecule has 0 amide bonds. The zero-order chi connectivity index (χ0) is 2.71. The van der Waals surface area contributed by atoms with E-state index in [4.69, 9.17) is 0 Å². The van der Waals surface area contributed by atoms with E-state index < -0.39 is 0 Å². The topological polar surface area (TPSA) is 0 Å². The van der Waals surface area contributed by atoms with Gasteiger partial charge >= 0.3 is 18.9 Å². The maximum atomic E-state index is 9.86. The molecule has 0 heterocycles. The van der Waals surface area contributed by atoms with Crippen molar-refractivity contribution in [2.75, 3.05) is 0 Å². The summed E-state index contributed by atoms with van der Waals surface area (Å²) in [6.45, 7) is 0. The Hall–Kier alpha value is 0.617. The molecule has 4 heavy (non-hydrogen) atoms. The van der Waals surface area contributed by atoms with Gasteiger partial charge in [0.15, 0.2) is 0 Å². The van der Waals surface area contributed by atoms with Crippen LogP contribution in [-0.4, -0.2) is 5.62 Å². The van der Waals surface area contributed by atoms with Crippen LogP contribution in [0, 0.1) is 0 Å². The largest absolute Gasteiger partial charge is 1.00 e. The third-order valence-electron chi connectivity index (χ3n) is 0. The maximum absolute atomic E-state index is 9.86. The van der Waals surface area contributed by atoms with Crippen LogP contribution in [0.15, 0.2) is 0 Å². The SMILES string of the molecule is F[C-]=S.[Li+]. The Bertz CT molecular complexity index is 15.5. The summed E-state index contributed by atoms with van der Waals surface area (Å²) in [4.78, 5) is 0. The Morgan fingerprint density at radius 2 is 1.75 bits per heavy atom.